The maximum atomic E-state index is 4.44. The van der Waals surface area contributed by atoms with Gasteiger partial charge in [-0.1, -0.05) is 26.8 Å². The Labute approximate surface area is 90.5 Å². The molecule has 0 aromatic heterocycles. The van der Waals surface area contributed by atoms with Crippen LogP contribution in [0.15, 0.2) is 28.0 Å². The van der Waals surface area contributed by atoms with Crippen LogP contribution in [-0.4, -0.2) is 4.75 Å². The highest BCUT2D eigenvalue weighted by molar-refractivity contribution is 8.01. The molecule has 0 nitrogen and oxygen atoms in total. The fourth-order valence-corrected chi connectivity index (χ4v) is 2.39. The highest BCUT2D eigenvalue weighted by Gasteiger charge is 2.13. The number of thioether (sulfide) groups is 1. The van der Waals surface area contributed by atoms with Crippen LogP contribution in [-0.2, 0) is 0 Å². The van der Waals surface area contributed by atoms with E-state index in [1.54, 1.807) is 0 Å². The minimum absolute atomic E-state index is 0.255. The van der Waals surface area contributed by atoms with Gasteiger partial charge in [0.05, 0.1) is 0 Å². The summed E-state index contributed by atoms with van der Waals surface area (Å²) in [7, 11) is 0. The van der Waals surface area contributed by atoms with Crippen molar-refractivity contribution in [2.75, 3.05) is 0 Å². The molecule has 1 aromatic rings. The van der Waals surface area contributed by atoms with Gasteiger partial charge in [-0.15, -0.1) is 24.4 Å². The van der Waals surface area contributed by atoms with Crippen LogP contribution in [0.4, 0.5) is 0 Å². The Morgan fingerprint density at radius 2 is 1.85 bits per heavy atom. The van der Waals surface area contributed by atoms with Gasteiger partial charge >= 0.3 is 0 Å². The maximum absolute atomic E-state index is 4.44. The number of hydrogen-bond donors (Lipinski definition) is 1. The number of rotatable bonds is 1. The Hall–Kier alpha value is -0.0800. The van der Waals surface area contributed by atoms with Gasteiger partial charge in [0.1, 0.15) is 0 Å². The minimum Gasteiger partial charge on any atom is -0.142 e. The van der Waals surface area contributed by atoms with Crippen LogP contribution in [0.3, 0.4) is 0 Å². The zero-order valence-corrected chi connectivity index (χ0v) is 10.3. The van der Waals surface area contributed by atoms with Crippen molar-refractivity contribution in [1.29, 1.82) is 0 Å². The van der Waals surface area contributed by atoms with E-state index in [0.717, 1.165) is 4.90 Å². The highest BCUT2D eigenvalue weighted by Crippen LogP contribution is 2.35. The number of hydrogen-bond acceptors (Lipinski definition) is 2. The summed E-state index contributed by atoms with van der Waals surface area (Å²) in [5.41, 5.74) is 1.30. The average Bonchev–Trinajstić information content (AvgIpc) is 1.94. The summed E-state index contributed by atoms with van der Waals surface area (Å²) in [5.74, 6) is 0. The molecular weight excluding hydrogens is 196 g/mol. The van der Waals surface area contributed by atoms with Crippen molar-refractivity contribution in [1.82, 2.24) is 0 Å². The van der Waals surface area contributed by atoms with E-state index in [9.17, 15) is 0 Å². The summed E-state index contributed by atoms with van der Waals surface area (Å²) in [6, 6.07) is 6.35. The summed E-state index contributed by atoms with van der Waals surface area (Å²) < 4.78 is 0.255. The molecule has 0 bridgehead atoms. The third-order valence-electron chi connectivity index (χ3n) is 1.53. The van der Waals surface area contributed by atoms with Gasteiger partial charge < -0.3 is 0 Å². The Bertz CT molecular complexity index is 297. The van der Waals surface area contributed by atoms with E-state index in [-0.39, 0.29) is 4.75 Å². The lowest BCUT2D eigenvalue weighted by atomic mass is 10.2. The topological polar surface area (TPSA) is 0 Å². The standard InChI is InChI=1S/C11H16S2/c1-8-5-6-9(12)10(7-8)13-11(2,3)4/h5-7,12H,1-4H3. The molecule has 72 valence electrons. The predicted octanol–water partition coefficient (Wildman–Crippen LogP) is 4.17. The van der Waals surface area contributed by atoms with Gasteiger partial charge in [0.25, 0.3) is 0 Å². The quantitative estimate of drug-likeness (QED) is 0.538. The second-order valence-corrected chi connectivity index (χ2v) is 6.54. The Kier molecular flexibility index (Phi) is 3.36. The van der Waals surface area contributed by atoms with Crippen LogP contribution in [0.2, 0.25) is 0 Å². The van der Waals surface area contributed by atoms with E-state index in [0.29, 0.717) is 0 Å². The minimum atomic E-state index is 0.255. The van der Waals surface area contributed by atoms with E-state index in [1.807, 2.05) is 11.8 Å². The van der Waals surface area contributed by atoms with Crippen LogP contribution in [0, 0.1) is 6.92 Å². The third kappa shape index (κ3) is 3.65. The van der Waals surface area contributed by atoms with Crippen molar-refractivity contribution in [3.05, 3.63) is 23.8 Å². The van der Waals surface area contributed by atoms with Crippen LogP contribution < -0.4 is 0 Å². The molecule has 0 spiro atoms. The van der Waals surface area contributed by atoms with Gasteiger partial charge in [-0.25, -0.2) is 0 Å². The molecule has 0 atom stereocenters. The summed E-state index contributed by atoms with van der Waals surface area (Å²) in [6.07, 6.45) is 0. The molecule has 0 heterocycles. The summed E-state index contributed by atoms with van der Waals surface area (Å²) >= 11 is 6.30. The molecule has 2 heteroatoms. The first-order chi connectivity index (χ1) is 5.88. The summed E-state index contributed by atoms with van der Waals surface area (Å²) in [4.78, 5) is 2.35. The van der Waals surface area contributed by atoms with Crippen molar-refractivity contribution < 1.29 is 0 Å². The predicted molar refractivity (Wildman–Crippen MR) is 64.0 cm³/mol. The average molecular weight is 212 g/mol. The van der Waals surface area contributed by atoms with E-state index in [2.05, 4.69) is 58.5 Å². The molecule has 13 heavy (non-hydrogen) atoms. The van der Waals surface area contributed by atoms with Crippen molar-refractivity contribution in [3.63, 3.8) is 0 Å². The van der Waals surface area contributed by atoms with Crippen LogP contribution in [0.5, 0.6) is 0 Å². The van der Waals surface area contributed by atoms with Gasteiger partial charge in [0.2, 0.25) is 0 Å². The van der Waals surface area contributed by atoms with Crippen LogP contribution >= 0.6 is 24.4 Å². The van der Waals surface area contributed by atoms with Crippen LogP contribution in [0.1, 0.15) is 26.3 Å². The smallest absolute Gasteiger partial charge is 0.0213 e. The molecule has 0 aliphatic rings. The fraction of sp³-hybridized carbons (Fsp3) is 0.455. The lowest BCUT2D eigenvalue weighted by molar-refractivity contribution is 0.801. The Balaban J connectivity index is 2.94. The molecule has 0 saturated carbocycles. The van der Waals surface area contributed by atoms with Gasteiger partial charge in [-0.3, -0.25) is 0 Å². The van der Waals surface area contributed by atoms with Crippen molar-refractivity contribution in [2.24, 2.45) is 0 Å². The van der Waals surface area contributed by atoms with E-state index >= 15 is 0 Å². The maximum Gasteiger partial charge on any atom is 0.0213 e. The van der Waals surface area contributed by atoms with Crippen molar-refractivity contribution >= 4 is 24.4 Å². The van der Waals surface area contributed by atoms with Gasteiger partial charge in [-0.05, 0) is 24.6 Å². The van der Waals surface area contributed by atoms with Crippen molar-refractivity contribution in [3.8, 4) is 0 Å². The second-order valence-electron chi connectivity index (χ2n) is 4.19. The first-order valence-corrected chi connectivity index (χ1v) is 5.63. The largest absolute Gasteiger partial charge is 0.142 e. The SMILES string of the molecule is Cc1ccc(S)c(SC(C)(C)C)c1. The molecule has 1 aromatic carbocycles. The molecule has 0 aliphatic heterocycles. The van der Waals surface area contributed by atoms with Gasteiger partial charge in [0.15, 0.2) is 0 Å². The molecule has 0 amide bonds. The molecule has 0 N–H and O–H groups in total. The van der Waals surface area contributed by atoms with Crippen molar-refractivity contribution in [2.45, 2.75) is 42.2 Å². The lowest BCUT2D eigenvalue weighted by Crippen LogP contribution is -2.06. The number of benzene rings is 1. The van der Waals surface area contributed by atoms with Gasteiger partial charge in [-0.2, -0.15) is 0 Å². The Morgan fingerprint density at radius 1 is 1.23 bits per heavy atom. The molecule has 0 aliphatic carbocycles. The molecular formula is C11H16S2. The molecule has 0 fully saturated rings. The van der Waals surface area contributed by atoms with Crippen LogP contribution in [0.25, 0.3) is 0 Å². The van der Waals surface area contributed by atoms with Gasteiger partial charge in [0, 0.05) is 14.5 Å². The second kappa shape index (κ2) is 3.97. The summed E-state index contributed by atoms with van der Waals surface area (Å²) in [5, 5.41) is 0. The lowest BCUT2D eigenvalue weighted by Gasteiger charge is -2.18. The molecule has 0 radical (unpaired) electrons. The van der Waals surface area contributed by atoms with E-state index in [1.165, 1.54) is 10.5 Å². The van der Waals surface area contributed by atoms with E-state index in [4.69, 9.17) is 0 Å². The van der Waals surface area contributed by atoms with E-state index < -0.39 is 0 Å². The monoisotopic (exact) mass is 212 g/mol. The Morgan fingerprint density at radius 3 is 2.38 bits per heavy atom. The molecule has 0 unspecified atom stereocenters. The first kappa shape index (κ1) is 11.0. The fourth-order valence-electron chi connectivity index (χ4n) is 1.03. The first-order valence-electron chi connectivity index (χ1n) is 4.37. The summed E-state index contributed by atoms with van der Waals surface area (Å²) in [6.45, 7) is 8.76. The molecule has 0 saturated heterocycles. The number of aryl methyl sites for hydroxylation is 1. The zero-order valence-electron chi connectivity index (χ0n) is 8.59. The molecule has 1 rings (SSSR count). The normalized spacial score (nSPS) is 11.8. The third-order valence-corrected chi connectivity index (χ3v) is 3.24. The number of thiol groups is 1. The highest BCUT2D eigenvalue weighted by atomic mass is 32.2. The zero-order chi connectivity index (χ0) is 10.1.